The van der Waals surface area contributed by atoms with Crippen LogP contribution in [0, 0.1) is 0 Å². The van der Waals surface area contributed by atoms with E-state index in [1.54, 1.807) is 45.0 Å². The van der Waals surface area contributed by atoms with E-state index >= 15 is 0 Å². The minimum atomic E-state index is -1.34. The predicted molar refractivity (Wildman–Crippen MR) is 125 cm³/mol. The average Bonchev–Trinajstić information content (AvgIpc) is 2.79. The molecule has 13 nitrogen and oxygen atoms in total. The van der Waals surface area contributed by atoms with Gasteiger partial charge in [0.25, 0.3) is 0 Å². The quantitative estimate of drug-likeness (QED) is 0.452. The summed E-state index contributed by atoms with van der Waals surface area (Å²) >= 11 is 0. The third-order valence-corrected chi connectivity index (χ3v) is 5.02. The van der Waals surface area contributed by atoms with E-state index in [1.165, 1.54) is 12.3 Å². The number of β-lactam (4-membered cyclic amide) rings is 1. The molecule has 2 aromatic rings. The number of carbonyl (C=O) groups excluding carboxylic acids is 3. The van der Waals surface area contributed by atoms with Gasteiger partial charge in [0.15, 0.2) is 6.04 Å². The number of rotatable bonds is 8. The highest BCUT2D eigenvalue weighted by Crippen LogP contribution is 2.30. The highest BCUT2D eigenvalue weighted by atomic mass is 16.6. The Labute approximate surface area is 206 Å². The summed E-state index contributed by atoms with van der Waals surface area (Å²) in [6.07, 6.45) is -0.364. The third-order valence-electron chi connectivity index (χ3n) is 5.02. The van der Waals surface area contributed by atoms with Crippen molar-refractivity contribution in [2.45, 2.75) is 45.1 Å². The van der Waals surface area contributed by atoms with Crippen molar-refractivity contribution in [2.24, 2.45) is 0 Å². The van der Waals surface area contributed by atoms with E-state index in [4.69, 9.17) is 9.47 Å². The minimum absolute atomic E-state index is 0.0131. The van der Waals surface area contributed by atoms with Crippen LogP contribution >= 0.6 is 0 Å². The van der Waals surface area contributed by atoms with Crippen molar-refractivity contribution in [1.29, 1.82) is 0 Å². The lowest BCUT2D eigenvalue weighted by molar-refractivity contribution is -0.169. The van der Waals surface area contributed by atoms with Crippen molar-refractivity contribution in [2.75, 3.05) is 18.4 Å². The molecule has 3 amide bonds. The largest absolute Gasteiger partial charge is 0.480 e. The van der Waals surface area contributed by atoms with Gasteiger partial charge in [0.05, 0.1) is 0 Å². The van der Waals surface area contributed by atoms with Gasteiger partial charge in [-0.05, 0) is 32.4 Å². The molecular formula is C23H27N5O8. The van der Waals surface area contributed by atoms with Gasteiger partial charge in [-0.2, -0.15) is 4.98 Å². The van der Waals surface area contributed by atoms with Gasteiger partial charge in [-0.1, -0.05) is 30.3 Å². The summed E-state index contributed by atoms with van der Waals surface area (Å²) < 4.78 is 11.0. The van der Waals surface area contributed by atoms with E-state index in [2.05, 4.69) is 15.6 Å². The van der Waals surface area contributed by atoms with Crippen LogP contribution in [0.2, 0.25) is 0 Å². The van der Waals surface area contributed by atoms with Crippen molar-refractivity contribution in [3.05, 3.63) is 58.6 Å². The lowest BCUT2D eigenvalue weighted by Crippen LogP contribution is -2.66. The Balaban J connectivity index is 1.59. The molecule has 1 aromatic heterocycles. The van der Waals surface area contributed by atoms with Crippen LogP contribution in [0.25, 0.3) is 0 Å². The van der Waals surface area contributed by atoms with Gasteiger partial charge in [0, 0.05) is 19.3 Å². The van der Waals surface area contributed by atoms with Crippen LogP contribution in [0.1, 0.15) is 32.4 Å². The van der Waals surface area contributed by atoms with Crippen LogP contribution in [0.5, 0.6) is 0 Å². The van der Waals surface area contributed by atoms with Gasteiger partial charge in [0.1, 0.15) is 24.1 Å². The van der Waals surface area contributed by atoms with Gasteiger partial charge >= 0.3 is 23.8 Å². The van der Waals surface area contributed by atoms with Crippen molar-refractivity contribution >= 4 is 29.9 Å². The number of benzene rings is 1. The molecule has 2 unspecified atom stereocenters. The van der Waals surface area contributed by atoms with Gasteiger partial charge < -0.3 is 24.8 Å². The highest BCUT2D eigenvalue weighted by Gasteiger charge is 2.53. The number of carboxylic acids is 1. The molecule has 3 N–H and O–H groups in total. The topological polar surface area (TPSA) is 169 Å². The number of nitrogens with one attached hydrogen (secondary N) is 2. The molecule has 0 radical (unpaired) electrons. The molecular weight excluding hydrogens is 474 g/mol. The number of ether oxygens (including phenoxy) is 2. The molecule has 36 heavy (non-hydrogen) atoms. The van der Waals surface area contributed by atoms with Crippen molar-refractivity contribution in [3.8, 4) is 0 Å². The minimum Gasteiger partial charge on any atom is -0.480 e. The molecule has 1 aliphatic heterocycles. The van der Waals surface area contributed by atoms with Crippen LogP contribution in [0.4, 0.5) is 15.4 Å². The molecule has 0 saturated carbocycles. The summed E-state index contributed by atoms with van der Waals surface area (Å²) in [5.74, 6) is -2.07. The third kappa shape index (κ3) is 6.58. The predicted octanol–water partition coefficient (Wildman–Crippen LogP) is 1.35. The Bertz CT molecular complexity index is 1190. The Hall–Kier alpha value is -4.42. The first kappa shape index (κ1) is 26.2. The average molecular weight is 501 g/mol. The summed E-state index contributed by atoms with van der Waals surface area (Å²) in [7, 11) is 0. The summed E-state index contributed by atoms with van der Waals surface area (Å²) in [5, 5.41) is 14.4. The zero-order valence-electron chi connectivity index (χ0n) is 20.0. The van der Waals surface area contributed by atoms with Gasteiger partial charge in [-0.3, -0.25) is 14.7 Å². The van der Waals surface area contributed by atoms with Crippen molar-refractivity contribution in [1.82, 2.24) is 19.8 Å². The van der Waals surface area contributed by atoms with Gasteiger partial charge in [-0.25, -0.2) is 19.2 Å². The molecule has 3 rings (SSSR count). The fourth-order valence-electron chi connectivity index (χ4n) is 3.47. The Morgan fingerprint density at radius 2 is 1.78 bits per heavy atom. The molecule has 13 heteroatoms. The lowest BCUT2D eigenvalue weighted by Gasteiger charge is -2.44. The van der Waals surface area contributed by atoms with Gasteiger partial charge in [-0.15, -0.1) is 0 Å². The number of aliphatic carboxylic acids is 1. The fourth-order valence-corrected chi connectivity index (χ4v) is 3.47. The summed E-state index contributed by atoms with van der Waals surface area (Å²) in [4.78, 5) is 65.4. The second-order valence-corrected chi connectivity index (χ2v) is 8.88. The lowest BCUT2D eigenvalue weighted by atomic mass is 9.94. The normalized spacial score (nSPS) is 17.1. The maximum absolute atomic E-state index is 12.7. The smallest absolute Gasteiger partial charge is 0.413 e. The van der Waals surface area contributed by atoms with Crippen molar-refractivity contribution in [3.63, 3.8) is 0 Å². The van der Waals surface area contributed by atoms with Crippen molar-refractivity contribution < 1.29 is 33.8 Å². The maximum atomic E-state index is 12.7. The number of amides is 3. The standard InChI is InChI=1S/C23H27N5O8/c1-23(2,3)36-21(33)24-10-12-27-17(19(30)31)16(18(27)29)28-11-9-15(25-20(28)32)26-22(34)35-13-14-7-5-4-6-8-14/h4-9,11,16-17H,10,12-13H2,1-3H3,(H,24,33)(H,30,31)(H,25,26,32,34). The summed E-state index contributed by atoms with van der Waals surface area (Å²) in [6, 6.07) is 7.56. The van der Waals surface area contributed by atoms with Gasteiger partial charge in [0.2, 0.25) is 5.91 Å². The molecule has 1 aliphatic rings. The molecule has 0 bridgehead atoms. The number of hydrogen-bond acceptors (Lipinski definition) is 8. The second kappa shape index (κ2) is 10.9. The first-order valence-electron chi connectivity index (χ1n) is 11.0. The zero-order chi connectivity index (χ0) is 26.5. The summed E-state index contributed by atoms with van der Waals surface area (Å²) in [5.41, 5.74) is -0.865. The summed E-state index contributed by atoms with van der Waals surface area (Å²) in [6.45, 7) is 4.95. The van der Waals surface area contributed by atoms with E-state index in [0.29, 0.717) is 0 Å². The Morgan fingerprint density at radius 3 is 2.39 bits per heavy atom. The molecule has 1 saturated heterocycles. The maximum Gasteiger partial charge on any atom is 0.413 e. The van der Waals surface area contributed by atoms with E-state index < -0.39 is 47.4 Å². The highest BCUT2D eigenvalue weighted by molar-refractivity contribution is 5.98. The molecule has 2 heterocycles. The number of hydrogen-bond donors (Lipinski definition) is 3. The first-order valence-corrected chi connectivity index (χ1v) is 11.0. The van der Waals surface area contributed by atoms with E-state index in [9.17, 15) is 29.1 Å². The number of nitrogens with zero attached hydrogens (tertiary/aromatic N) is 3. The Morgan fingerprint density at radius 1 is 1.08 bits per heavy atom. The number of anilines is 1. The SMILES string of the molecule is CC(C)(C)OC(=O)NCCN1C(=O)C(n2ccc(NC(=O)OCc3ccccc3)nc2=O)C1C(=O)O. The number of carbonyl (C=O) groups is 4. The zero-order valence-corrected chi connectivity index (χ0v) is 20.0. The number of likely N-dealkylation sites (tertiary alicyclic amines) is 1. The van der Waals surface area contributed by atoms with E-state index in [0.717, 1.165) is 15.0 Å². The van der Waals surface area contributed by atoms with E-state index in [1.807, 2.05) is 6.07 Å². The van der Waals surface area contributed by atoms with Crippen LogP contribution < -0.4 is 16.3 Å². The van der Waals surface area contributed by atoms with E-state index in [-0.39, 0.29) is 25.5 Å². The number of aromatic nitrogens is 2. The van der Waals surface area contributed by atoms with Crippen LogP contribution in [-0.2, 0) is 25.7 Å². The molecule has 0 spiro atoms. The van der Waals surface area contributed by atoms with Crippen LogP contribution in [-0.4, -0.2) is 68.4 Å². The molecule has 1 aromatic carbocycles. The molecule has 192 valence electrons. The molecule has 1 fully saturated rings. The number of alkyl carbamates (subject to hydrolysis) is 1. The van der Waals surface area contributed by atoms with Crippen LogP contribution in [0.15, 0.2) is 47.4 Å². The van der Waals surface area contributed by atoms with Crippen LogP contribution in [0.3, 0.4) is 0 Å². The molecule has 0 aliphatic carbocycles. The first-order chi connectivity index (χ1) is 17.0. The second-order valence-electron chi connectivity index (χ2n) is 8.88. The Kier molecular flexibility index (Phi) is 7.92. The monoisotopic (exact) mass is 501 g/mol. The fraction of sp³-hybridized carbons (Fsp3) is 0.391. The number of carboxylic acid groups (broad SMARTS) is 1. The molecule has 2 atom stereocenters.